The van der Waals surface area contributed by atoms with E-state index in [1.54, 1.807) is 0 Å². The van der Waals surface area contributed by atoms with Crippen molar-refractivity contribution < 1.29 is 0 Å². The molecule has 104 valence electrons. The maximum absolute atomic E-state index is 4.52. The fourth-order valence-electron chi connectivity index (χ4n) is 3.92. The van der Waals surface area contributed by atoms with Gasteiger partial charge in [0.25, 0.3) is 0 Å². The average Bonchev–Trinajstić information content (AvgIpc) is 3.16. The summed E-state index contributed by atoms with van der Waals surface area (Å²) in [6, 6.07) is 13.8. The molecule has 2 aromatic rings. The summed E-state index contributed by atoms with van der Waals surface area (Å²) in [5.74, 6) is 0.916. The average molecular weight is 267 g/mol. The van der Waals surface area contributed by atoms with Crippen molar-refractivity contribution in [1.29, 1.82) is 0 Å². The quantitative estimate of drug-likeness (QED) is 0.903. The van der Waals surface area contributed by atoms with E-state index in [0.717, 1.165) is 17.6 Å². The molecule has 4 rings (SSSR count). The molecule has 20 heavy (non-hydrogen) atoms. The summed E-state index contributed by atoms with van der Waals surface area (Å²) in [6.45, 7) is 0. The molecule has 0 radical (unpaired) electrons. The van der Waals surface area contributed by atoms with Crippen molar-refractivity contribution in [1.82, 2.24) is 15.1 Å². The van der Waals surface area contributed by atoms with Gasteiger partial charge in [-0.05, 0) is 49.8 Å². The second-order valence-corrected chi connectivity index (χ2v) is 6.10. The Kier molecular flexibility index (Phi) is 3.07. The molecule has 0 spiro atoms. The van der Waals surface area contributed by atoms with Crippen molar-refractivity contribution >= 4 is 0 Å². The lowest BCUT2D eigenvalue weighted by molar-refractivity contribution is 0.256. The molecule has 3 heteroatoms. The fraction of sp³-hybridized carbons (Fsp3) is 0.471. The Morgan fingerprint density at radius 3 is 2.80 bits per heavy atom. The van der Waals surface area contributed by atoms with Crippen LogP contribution in [0.3, 0.4) is 0 Å². The van der Waals surface area contributed by atoms with Crippen molar-refractivity contribution in [3.8, 4) is 5.69 Å². The van der Waals surface area contributed by atoms with Gasteiger partial charge in [0.05, 0.1) is 11.4 Å². The highest BCUT2D eigenvalue weighted by atomic mass is 15.3. The molecular weight excluding hydrogens is 246 g/mol. The molecule has 1 saturated carbocycles. The lowest BCUT2D eigenvalue weighted by atomic mass is 9.88. The lowest BCUT2D eigenvalue weighted by Crippen LogP contribution is -2.40. The monoisotopic (exact) mass is 267 g/mol. The first-order chi connectivity index (χ1) is 9.92. The summed E-state index contributed by atoms with van der Waals surface area (Å²) in [5.41, 5.74) is 2.46. The van der Waals surface area contributed by atoms with Crippen LogP contribution in [-0.2, 0) is 0 Å². The smallest absolute Gasteiger partial charge is 0.0649 e. The third kappa shape index (κ3) is 2.06. The zero-order chi connectivity index (χ0) is 13.4. The van der Waals surface area contributed by atoms with Crippen molar-refractivity contribution in [2.24, 2.45) is 5.92 Å². The van der Waals surface area contributed by atoms with E-state index in [1.807, 2.05) is 6.20 Å². The summed E-state index contributed by atoms with van der Waals surface area (Å²) < 4.78 is 2.09. The second-order valence-electron chi connectivity index (χ2n) is 6.10. The molecule has 1 aromatic heterocycles. The van der Waals surface area contributed by atoms with Gasteiger partial charge in [-0.15, -0.1) is 0 Å². The maximum Gasteiger partial charge on any atom is 0.0649 e. The highest BCUT2D eigenvalue weighted by molar-refractivity contribution is 5.33. The van der Waals surface area contributed by atoms with Gasteiger partial charge in [0.2, 0.25) is 0 Å². The molecule has 1 aliphatic heterocycles. The van der Waals surface area contributed by atoms with Crippen molar-refractivity contribution in [3.05, 3.63) is 48.3 Å². The number of hydrogen-bond donors (Lipinski definition) is 1. The molecule has 1 N–H and O–H groups in total. The van der Waals surface area contributed by atoms with Crippen LogP contribution in [0.1, 0.15) is 43.8 Å². The van der Waals surface area contributed by atoms with Gasteiger partial charge in [0.1, 0.15) is 0 Å². The van der Waals surface area contributed by atoms with Gasteiger partial charge in [-0.1, -0.05) is 24.6 Å². The van der Waals surface area contributed by atoms with Crippen LogP contribution in [0.2, 0.25) is 0 Å². The summed E-state index contributed by atoms with van der Waals surface area (Å²) >= 11 is 0. The first kappa shape index (κ1) is 12.2. The first-order valence-electron chi connectivity index (χ1n) is 7.77. The van der Waals surface area contributed by atoms with Crippen molar-refractivity contribution in [2.75, 3.05) is 0 Å². The van der Waals surface area contributed by atoms with Crippen molar-refractivity contribution in [2.45, 2.75) is 44.2 Å². The maximum atomic E-state index is 4.52. The number of fused-ring (bicyclic) bond motifs is 1. The summed E-state index contributed by atoms with van der Waals surface area (Å²) in [6.07, 6.45) is 8.68. The van der Waals surface area contributed by atoms with Gasteiger partial charge in [0, 0.05) is 18.3 Å². The highest BCUT2D eigenvalue weighted by Crippen LogP contribution is 2.38. The van der Waals surface area contributed by atoms with Crippen LogP contribution >= 0.6 is 0 Å². The lowest BCUT2D eigenvalue weighted by Gasteiger charge is -2.33. The molecule has 1 aromatic carbocycles. The van der Waals surface area contributed by atoms with Gasteiger partial charge in [-0.3, -0.25) is 0 Å². The van der Waals surface area contributed by atoms with Gasteiger partial charge in [-0.25, -0.2) is 4.68 Å². The number of benzene rings is 1. The van der Waals surface area contributed by atoms with Crippen LogP contribution in [0.15, 0.2) is 42.6 Å². The normalized spacial score (nSPS) is 29.3. The minimum Gasteiger partial charge on any atom is -0.306 e. The van der Waals surface area contributed by atoms with Crippen LogP contribution in [0.4, 0.5) is 0 Å². The Labute approximate surface area is 120 Å². The Morgan fingerprint density at radius 1 is 1.00 bits per heavy atom. The van der Waals surface area contributed by atoms with Crippen LogP contribution in [-0.4, -0.2) is 15.8 Å². The van der Waals surface area contributed by atoms with Gasteiger partial charge in [-0.2, -0.15) is 5.10 Å². The zero-order valence-corrected chi connectivity index (χ0v) is 11.7. The van der Waals surface area contributed by atoms with E-state index < -0.39 is 0 Å². The summed E-state index contributed by atoms with van der Waals surface area (Å²) in [7, 11) is 0. The number of nitrogens with one attached hydrogen (secondary N) is 1. The van der Waals surface area contributed by atoms with E-state index in [2.05, 4.69) is 51.5 Å². The van der Waals surface area contributed by atoms with Gasteiger partial charge >= 0.3 is 0 Å². The second kappa shape index (κ2) is 5.06. The highest BCUT2D eigenvalue weighted by Gasteiger charge is 2.34. The van der Waals surface area contributed by atoms with Crippen LogP contribution < -0.4 is 5.32 Å². The molecule has 0 bridgehead atoms. The predicted molar refractivity (Wildman–Crippen MR) is 79.8 cm³/mol. The number of rotatable bonds is 2. The first-order valence-corrected chi connectivity index (χ1v) is 7.77. The van der Waals surface area contributed by atoms with Crippen molar-refractivity contribution in [3.63, 3.8) is 0 Å². The molecular formula is C17H21N3. The van der Waals surface area contributed by atoms with E-state index in [4.69, 9.17) is 0 Å². The topological polar surface area (TPSA) is 29.9 Å². The van der Waals surface area contributed by atoms with E-state index >= 15 is 0 Å². The van der Waals surface area contributed by atoms with E-state index in [-0.39, 0.29) is 0 Å². The van der Waals surface area contributed by atoms with Crippen LogP contribution in [0, 0.1) is 5.92 Å². The molecule has 1 aliphatic carbocycles. The van der Waals surface area contributed by atoms with E-state index in [1.165, 1.54) is 37.8 Å². The van der Waals surface area contributed by atoms with Gasteiger partial charge in [0.15, 0.2) is 0 Å². The minimum atomic E-state index is 0.456. The number of hydrogen-bond acceptors (Lipinski definition) is 2. The Hall–Kier alpha value is -1.61. The molecule has 0 amide bonds. The number of piperidine rings is 1. The Bertz CT molecular complexity index is 575. The largest absolute Gasteiger partial charge is 0.306 e. The molecule has 1 saturated heterocycles. The zero-order valence-electron chi connectivity index (χ0n) is 11.7. The molecule has 3 nitrogen and oxygen atoms in total. The molecule has 2 aliphatic rings. The molecule has 2 fully saturated rings. The number of nitrogens with zero attached hydrogens (tertiary/aromatic N) is 2. The third-order valence-corrected chi connectivity index (χ3v) is 4.93. The molecule has 2 heterocycles. The fourth-order valence-corrected chi connectivity index (χ4v) is 3.92. The molecule has 3 atom stereocenters. The number of aromatic nitrogens is 2. The predicted octanol–water partition coefficient (Wildman–Crippen LogP) is 3.47. The molecule has 3 unspecified atom stereocenters. The summed E-state index contributed by atoms with van der Waals surface area (Å²) in [4.78, 5) is 0. The number of para-hydroxylation sites is 1. The SMILES string of the molecule is c1ccc(-n2nccc2C2CCC3CCCC3N2)cc1. The van der Waals surface area contributed by atoms with Crippen LogP contribution in [0.25, 0.3) is 5.69 Å². The van der Waals surface area contributed by atoms with Gasteiger partial charge < -0.3 is 5.32 Å². The standard InChI is InChI=1S/C17H21N3/c1-2-6-14(7-3-1)20-17(11-12-18-20)16-10-9-13-5-4-8-15(13)19-16/h1-3,6-7,11-13,15-16,19H,4-5,8-10H2. The Balaban J connectivity index is 1.62. The van der Waals surface area contributed by atoms with E-state index in [9.17, 15) is 0 Å². The third-order valence-electron chi connectivity index (χ3n) is 4.93. The van der Waals surface area contributed by atoms with E-state index in [0.29, 0.717) is 6.04 Å². The Morgan fingerprint density at radius 2 is 1.90 bits per heavy atom. The van der Waals surface area contributed by atoms with Crippen LogP contribution in [0.5, 0.6) is 0 Å². The summed E-state index contributed by atoms with van der Waals surface area (Å²) in [5, 5.41) is 8.39. The minimum absolute atomic E-state index is 0.456.